The van der Waals surface area contributed by atoms with Gasteiger partial charge in [0.15, 0.2) is 0 Å². The maximum atomic E-state index is 11.3. The van der Waals surface area contributed by atoms with E-state index in [1.54, 1.807) is 6.20 Å². The smallest absolute Gasteiger partial charge is 0.240 e. The average Bonchev–Trinajstić information content (AvgIpc) is 2.71. The molecule has 1 amide bonds. The van der Waals surface area contributed by atoms with E-state index >= 15 is 0 Å². The number of halogens is 1. The predicted octanol–water partition coefficient (Wildman–Crippen LogP) is 1.61. The van der Waals surface area contributed by atoms with E-state index in [1.165, 1.54) is 0 Å². The number of carbonyl (C=O) groups excluding carboxylic acids is 1. The van der Waals surface area contributed by atoms with E-state index in [2.05, 4.69) is 20.9 Å². The number of aromatic nitrogens is 1. The van der Waals surface area contributed by atoms with E-state index in [4.69, 9.17) is 5.73 Å². The molecule has 1 fully saturated rings. The van der Waals surface area contributed by atoms with Gasteiger partial charge in [0.2, 0.25) is 5.91 Å². The maximum Gasteiger partial charge on any atom is 0.240 e. The Morgan fingerprint density at radius 2 is 2.44 bits per heavy atom. The van der Waals surface area contributed by atoms with Gasteiger partial charge in [-0.3, -0.25) is 4.79 Å². The monoisotopic (exact) mass is 283 g/mol. The highest BCUT2D eigenvalue weighted by molar-refractivity contribution is 9.10. The number of carbonyl (C=O) groups is 1. The molecule has 1 aromatic rings. The first-order valence-electron chi connectivity index (χ1n) is 5.27. The van der Waals surface area contributed by atoms with Crippen LogP contribution < -0.4 is 10.6 Å². The van der Waals surface area contributed by atoms with Gasteiger partial charge in [0.1, 0.15) is 11.9 Å². The lowest BCUT2D eigenvalue weighted by molar-refractivity contribution is -0.119. The van der Waals surface area contributed by atoms with Crippen molar-refractivity contribution in [2.24, 2.45) is 5.73 Å². The van der Waals surface area contributed by atoms with Gasteiger partial charge >= 0.3 is 0 Å². The minimum Gasteiger partial charge on any atom is -0.368 e. The molecular weight excluding hydrogens is 270 g/mol. The summed E-state index contributed by atoms with van der Waals surface area (Å²) in [5.41, 5.74) is 6.49. The molecule has 0 aliphatic carbocycles. The van der Waals surface area contributed by atoms with E-state index < -0.39 is 0 Å². The third-order valence-electron chi connectivity index (χ3n) is 2.91. The molecule has 1 aliphatic rings. The molecule has 1 unspecified atom stereocenters. The topological polar surface area (TPSA) is 59.2 Å². The van der Waals surface area contributed by atoms with E-state index in [-0.39, 0.29) is 11.9 Å². The van der Waals surface area contributed by atoms with E-state index in [0.717, 1.165) is 35.2 Å². The van der Waals surface area contributed by atoms with Crippen molar-refractivity contribution in [1.29, 1.82) is 0 Å². The maximum absolute atomic E-state index is 11.3. The highest BCUT2D eigenvalue weighted by Gasteiger charge is 2.29. The van der Waals surface area contributed by atoms with Crippen LogP contribution in [-0.4, -0.2) is 23.5 Å². The van der Waals surface area contributed by atoms with Crippen molar-refractivity contribution in [3.8, 4) is 0 Å². The van der Waals surface area contributed by atoms with Gasteiger partial charge in [-0.2, -0.15) is 0 Å². The van der Waals surface area contributed by atoms with Gasteiger partial charge < -0.3 is 10.6 Å². The lowest BCUT2D eigenvalue weighted by atomic mass is 10.2. The minimum absolute atomic E-state index is 0.201. The molecule has 2 N–H and O–H groups in total. The van der Waals surface area contributed by atoms with Crippen LogP contribution in [-0.2, 0) is 4.79 Å². The van der Waals surface area contributed by atoms with Gasteiger partial charge in [-0.25, -0.2) is 4.98 Å². The standard InChI is InChI=1S/C11H14BrN3O/c1-7-5-10(14-6-8(7)12)15-4-2-3-9(15)11(13)16/h5-6,9H,2-4H2,1H3,(H2,13,16). The Bertz CT molecular complexity index is 422. The fourth-order valence-electron chi connectivity index (χ4n) is 2.02. The van der Waals surface area contributed by atoms with Gasteiger partial charge in [0.05, 0.1) is 0 Å². The molecule has 0 aromatic carbocycles. The van der Waals surface area contributed by atoms with E-state index in [1.807, 2.05) is 17.9 Å². The summed E-state index contributed by atoms with van der Waals surface area (Å²) in [4.78, 5) is 17.6. The summed E-state index contributed by atoms with van der Waals surface area (Å²) >= 11 is 3.41. The summed E-state index contributed by atoms with van der Waals surface area (Å²) in [5.74, 6) is 0.571. The Balaban J connectivity index is 2.29. The Morgan fingerprint density at radius 1 is 1.69 bits per heavy atom. The third-order valence-corrected chi connectivity index (χ3v) is 3.74. The number of hydrogen-bond acceptors (Lipinski definition) is 3. The van der Waals surface area contributed by atoms with Crippen molar-refractivity contribution < 1.29 is 4.79 Å². The molecule has 1 saturated heterocycles. The predicted molar refractivity (Wildman–Crippen MR) is 66.2 cm³/mol. The van der Waals surface area contributed by atoms with Crippen LogP contribution in [0.2, 0.25) is 0 Å². The molecule has 5 heteroatoms. The number of pyridine rings is 1. The highest BCUT2D eigenvalue weighted by atomic mass is 79.9. The second-order valence-electron chi connectivity index (χ2n) is 4.05. The van der Waals surface area contributed by atoms with Crippen LogP contribution in [0.1, 0.15) is 18.4 Å². The van der Waals surface area contributed by atoms with Gasteiger partial charge in [-0.1, -0.05) is 0 Å². The normalized spacial score (nSPS) is 20.1. The van der Waals surface area contributed by atoms with Crippen molar-refractivity contribution in [2.45, 2.75) is 25.8 Å². The number of hydrogen-bond donors (Lipinski definition) is 1. The lowest BCUT2D eigenvalue weighted by Crippen LogP contribution is -2.40. The molecule has 1 aromatic heterocycles. The van der Waals surface area contributed by atoms with Crippen molar-refractivity contribution >= 4 is 27.7 Å². The fourth-order valence-corrected chi connectivity index (χ4v) is 2.24. The van der Waals surface area contributed by atoms with E-state index in [0.29, 0.717) is 0 Å². The Morgan fingerprint density at radius 3 is 3.06 bits per heavy atom. The van der Waals surface area contributed by atoms with Gasteiger partial charge in [-0.15, -0.1) is 0 Å². The molecule has 2 rings (SSSR count). The van der Waals surface area contributed by atoms with Crippen molar-refractivity contribution in [3.63, 3.8) is 0 Å². The SMILES string of the molecule is Cc1cc(N2CCCC2C(N)=O)ncc1Br. The molecule has 0 spiro atoms. The minimum atomic E-state index is -0.264. The third kappa shape index (κ3) is 2.04. The lowest BCUT2D eigenvalue weighted by Gasteiger charge is -2.23. The van der Waals surface area contributed by atoms with Gasteiger partial charge in [0.25, 0.3) is 0 Å². The molecule has 4 nitrogen and oxygen atoms in total. The second-order valence-corrected chi connectivity index (χ2v) is 4.90. The van der Waals surface area contributed by atoms with Crippen LogP contribution >= 0.6 is 15.9 Å². The van der Waals surface area contributed by atoms with Crippen LogP contribution in [0, 0.1) is 6.92 Å². The number of nitrogens with zero attached hydrogens (tertiary/aromatic N) is 2. The molecule has 1 atom stereocenters. The number of aryl methyl sites for hydroxylation is 1. The molecule has 16 heavy (non-hydrogen) atoms. The summed E-state index contributed by atoms with van der Waals surface area (Å²) in [6.07, 6.45) is 3.58. The van der Waals surface area contributed by atoms with Gasteiger partial charge in [0, 0.05) is 17.2 Å². The highest BCUT2D eigenvalue weighted by Crippen LogP contribution is 2.26. The Hall–Kier alpha value is -1.10. The first-order chi connectivity index (χ1) is 7.59. The number of rotatable bonds is 2. The summed E-state index contributed by atoms with van der Waals surface area (Å²) in [7, 11) is 0. The van der Waals surface area contributed by atoms with Crippen LogP contribution in [0.15, 0.2) is 16.7 Å². The zero-order valence-corrected chi connectivity index (χ0v) is 10.7. The Labute approximate surface area is 103 Å². The molecular formula is C11H14BrN3O. The summed E-state index contributed by atoms with van der Waals surface area (Å²) in [5, 5.41) is 0. The zero-order valence-electron chi connectivity index (χ0n) is 9.11. The molecule has 0 bridgehead atoms. The van der Waals surface area contributed by atoms with Crippen molar-refractivity contribution in [1.82, 2.24) is 4.98 Å². The summed E-state index contributed by atoms with van der Waals surface area (Å²) in [6, 6.07) is 1.78. The van der Waals surface area contributed by atoms with Crippen LogP contribution in [0.4, 0.5) is 5.82 Å². The molecule has 0 radical (unpaired) electrons. The second kappa shape index (κ2) is 4.41. The van der Waals surface area contributed by atoms with Crippen LogP contribution in [0.5, 0.6) is 0 Å². The quantitative estimate of drug-likeness (QED) is 0.897. The molecule has 2 heterocycles. The summed E-state index contributed by atoms with van der Waals surface area (Å²) in [6.45, 7) is 2.85. The van der Waals surface area contributed by atoms with Crippen molar-refractivity contribution in [3.05, 3.63) is 22.3 Å². The zero-order chi connectivity index (χ0) is 11.7. The van der Waals surface area contributed by atoms with Crippen LogP contribution in [0.3, 0.4) is 0 Å². The number of nitrogens with two attached hydrogens (primary N) is 1. The number of amides is 1. The molecule has 0 saturated carbocycles. The Kier molecular flexibility index (Phi) is 3.14. The number of anilines is 1. The van der Waals surface area contributed by atoms with Crippen LogP contribution in [0.25, 0.3) is 0 Å². The van der Waals surface area contributed by atoms with E-state index in [9.17, 15) is 4.79 Å². The molecule has 1 aliphatic heterocycles. The fraction of sp³-hybridized carbons (Fsp3) is 0.455. The summed E-state index contributed by atoms with van der Waals surface area (Å²) < 4.78 is 0.978. The first kappa shape index (κ1) is 11.4. The van der Waals surface area contributed by atoms with Gasteiger partial charge in [-0.05, 0) is 47.3 Å². The van der Waals surface area contributed by atoms with Crippen molar-refractivity contribution in [2.75, 3.05) is 11.4 Å². The first-order valence-corrected chi connectivity index (χ1v) is 6.07. The average molecular weight is 284 g/mol. The number of primary amides is 1. The molecule has 86 valence electrons. The largest absolute Gasteiger partial charge is 0.368 e.